The second-order valence-corrected chi connectivity index (χ2v) is 3.17. The van der Waals surface area contributed by atoms with E-state index in [0.29, 0.717) is 12.6 Å². The van der Waals surface area contributed by atoms with E-state index < -0.39 is 11.6 Å². The van der Waals surface area contributed by atoms with Crippen LogP contribution in [0.2, 0.25) is 0 Å². The summed E-state index contributed by atoms with van der Waals surface area (Å²) < 4.78 is 30.9. The largest absolute Gasteiger partial charge is 0.472 e. The van der Waals surface area contributed by atoms with E-state index in [2.05, 4.69) is 10.3 Å². The lowest BCUT2D eigenvalue weighted by molar-refractivity contribution is 0.564. The molecule has 0 aliphatic heterocycles. The Hall–Kier alpha value is -2.11. The monoisotopic (exact) mass is 225 g/mol. The maximum atomic E-state index is 13.2. The average molecular weight is 225 g/mol. The van der Waals surface area contributed by atoms with E-state index in [1.807, 2.05) is 0 Å². The number of nitrogens with two attached hydrogens (primary N) is 1. The zero-order chi connectivity index (χ0) is 11.5. The smallest absolute Gasteiger partial charge is 0.168 e. The fourth-order valence-electron chi connectivity index (χ4n) is 1.18. The molecule has 0 spiro atoms. The highest BCUT2D eigenvalue weighted by molar-refractivity contribution is 5.45. The molecule has 4 nitrogen and oxygen atoms in total. The van der Waals surface area contributed by atoms with Gasteiger partial charge in [-0.2, -0.15) is 0 Å². The number of aromatic nitrogens is 1. The van der Waals surface area contributed by atoms with E-state index in [4.69, 9.17) is 10.2 Å². The van der Waals surface area contributed by atoms with Crippen molar-refractivity contribution in [1.29, 1.82) is 0 Å². The Morgan fingerprint density at radius 3 is 2.88 bits per heavy atom. The number of nitrogens with zero attached hydrogens (tertiary/aromatic N) is 1. The number of nitrogen functional groups attached to an aromatic ring is 1. The van der Waals surface area contributed by atoms with E-state index >= 15 is 0 Å². The van der Waals surface area contributed by atoms with Crippen LogP contribution in [0.4, 0.5) is 20.4 Å². The second kappa shape index (κ2) is 4.18. The van der Waals surface area contributed by atoms with Crippen molar-refractivity contribution in [2.45, 2.75) is 6.54 Å². The van der Waals surface area contributed by atoms with E-state index in [9.17, 15) is 8.78 Å². The zero-order valence-electron chi connectivity index (χ0n) is 8.21. The van der Waals surface area contributed by atoms with Gasteiger partial charge in [0.15, 0.2) is 23.3 Å². The van der Waals surface area contributed by atoms with E-state index in [1.165, 1.54) is 12.5 Å². The van der Waals surface area contributed by atoms with Gasteiger partial charge in [-0.1, -0.05) is 0 Å². The van der Waals surface area contributed by atoms with Crippen LogP contribution >= 0.6 is 0 Å². The highest BCUT2D eigenvalue weighted by Crippen LogP contribution is 2.17. The molecule has 6 heteroatoms. The number of nitrogens with one attached hydrogen (secondary N) is 1. The van der Waals surface area contributed by atoms with Crippen LogP contribution in [0, 0.1) is 11.6 Å². The first-order valence-corrected chi connectivity index (χ1v) is 4.53. The van der Waals surface area contributed by atoms with Gasteiger partial charge in [0.2, 0.25) is 0 Å². The van der Waals surface area contributed by atoms with Crippen molar-refractivity contribution in [3.63, 3.8) is 0 Å². The topological polar surface area (TPSA) is 64.1 Å². The molecule has 84 valence electrons. The first kappa shape index (κ1) is 10.4. The number of pyridine rings is 1. The minimum absolute atomic E-state index is 0.0832. The summed E-state index contributed by atoms with van der Waals surface area (Å²) in [7, 11) is 0. The Morgan fingerprint density at radius 2 is 2.19 bits per heavy atom. The Balaban J connectivity index is 2.12. The van der Waals surface area contributed by atoms with Crippen LogP contribution in [0.25, 0.3) is 0 Å². The minimum Gasteiger partial charge on any atom is -0.472 e. The predicted octanol–water partition coefficient (Wildman–Crippen LogP) is 2.15. The third kappa shape index (κ3) is 2.10. The van der Waals surface area contributed by atoms with Gasteiger partial charge >= 0.3 is 0 Å². The molecule has 0 bridgehead atoms. The van der Waals surface area contributed by atoms with E-state index in [0.717, 1.165) is 5.56 Å². The normalized spacial score (nSPS) is 10.4. The lowest BCUT2D eigenvalue weighted by Gasteiger charge is -2.06. The van der Waals surface area contributed by atoms with Crippen molar-refractivity contribution in [1.82, 2.24) is 4.98 Å². The summed E-state index contributed by atoms with van der Waals surface area (Å²) in [4.78, 5) is 3.56. The quantitative estimate of drug-likeness (QED) is 0.840. The summed E-state index contributed by atoms with van der Waals surface area (Å²) in [6.07, 6.45) is 3.01. The van der Waals surface area contributed by atoms with Gasteiger partial charge in [0.05, 0.1) is 12.5 Å². The molecular weight excluding hydrogens is 216 g/mol. The summed E-state index contributed by atoms with van der Waals surface area (Å²) in [6, 6.07) is 2.41. The molecule has 0 aliphatic carbocycles. The molecule has 3 N–H and O–H groups in total. The Morgan fingerprint density at radius 1 is 1.38 bits per heavy atom. The summed E-state index contributed by atoms with van der Waals surface area (Å²) in [5, 5.41) is 2.69. The SMILES string of the molecule is Nc1nc(NCc2ccoc2)c(F)cc1F. The lowest BCUT2D eigenvalue weighted by Crippen LogP contribution is -2.06. The first-order valence-electron chi connectivity index (χ1n) is 4.53. The molecule has 0 amide bonds. The van der Waals surface area contributed by atoms with Crippen LogP contribution in [0.3, 0.4) is 0 Å². The molecular formula is C10H9F2N3O. The molecule has 2 rings (SSSR count). The maximum absolute atomic E-state index is 13.2. The molecule has 0 aromatic carbocycles. The summed E-state index contributed by atoms with van der Waals surface area (Å²) in [5.74, 6) is -2.07. The van der Waals surface area contributed by atoms with E-state index in [-0.39, 0.29) is 11.6 Å². The molecule has 0 aliphatic rings. The molecule has 16 heavy (non-hydrogen) atoms. The number of anilines is 2. The van der Waals surface area contributed by atoms with Crippen LogP contribution in [0.15, 0.2) is 29.1 Å². The van der Waals surface area contributed by atoms with Gasteiger partial charge in [0.1, 0.15) is 0 Å². The minimum atomic E-state index is -0.869. The van der Waals surface area contributed by atoms with Crippen molar-refractivity contribution < 1.29 is 13.2 Å². The second-order valence-electron chi connectivity index (χ2n) is 3.17. The summed E-state index contributed by atoms with van der Waals surface area (Å²) in [6.45, 7) is 0.325. The highest BCUT2D eigenvalue weighted by Gasteiger charge is 2.09. The van der Waals surface area contributed by atoms with Gasteiger partial charge in [-0.3, -0.25) is 0 Å². The van der Waals surface area contributed by atoms with Crippen molar-refractivity contribution in [3.8, 4) is 0 Å². The van der Waals surface area contributed by atoms with Crippen LogP contribution in [-0.4, -0.2) is 4.98 Å². The molecule has 0 atom stereocenters. The van der Waals surface area contributed by atoms with Crippen molar-refractivity contribution in [2.24, 2.45) is 0 Å². The Bertz CT molecular complexity index is 485. The van der Waals surface area contributed by atoms with Gasteiger partial charge in [0, 0.05) is 18.2 Å². The number of rotatable bonds is 3. The zero-order valence-corrected chi connectivity index (χ0v) is 8.21. The summed E-state index contributed by atoms with van der Waals surface area (Å²) in [5.41, 5.74) is 6.05. The average Bonchev–Trinajstić information content (AvgIpc) is 2.74. The fraction of sp³-hybridized carbons (Fsp3) is 0.100. The number of furan rings is 1. The van der Waals surface area contributed by atoms with Crippen LogP contribution in [0.1, 0.15) is 5.56 Å². The molecule has 2 heterocycles. The standard InChI is InChI=1S/C10H9F2N3O/c11-7-3-8(12)10(15-9(7)13)14-4-6-1-2-16-5-6/h1-3,5H,4H2,(H3,13,14,15). The van der Waals surface area contributed by atoms with Crippen molar-refractivity contribution in [2.75, 3.05) is 11.1 Å². The molecule has 2 aromatic rings. The summed E-state index contributed by atoms with van der Waals surface area (Å²) >= 11 is 0. The van der Waals surface area contributed by atoms with Gasteiger partial charge < -0.3 is 15.5 Å². The highest BCUT2D eigenvalue weighted by atomic mass is 19.1. The third-order valence-corrected chi connectivity index (χ3v) is 2.00. The predicted molar refractivity (Wildman–Crippen MR) is 54.6 cm³/mol. The van der Waals surface area contributed by atoms with Crippen LogP contribution in [-0.2, 0) is 6.54 Å². The number of hydrogen-bond acceptors (Lipinski definition) is 4. The Labute approximate surface area is 90.1 Å². The number of hydrogen-bond donors (Lipinski definition) is 2. The lowest BCUT2D eigenvalue weighted by atomic mass is 10.3. The van der Waals surface area contributed by atoms with Gasteiger partial charge in [-0.05, 0) is 6.07 Å². The van der Waals surface area contributed by atoms with Crippen molar-refractivity contribution >= 4 is 11.6 Å². The third-order valence-electron chi connectivity index (χ3n) is 2.00. The molecule has 0 radical (unpaired) electrons. The fourth-order valence-corrected chi connectivity index (χ4v) is 1.18. The molecule has 0 saturated heterocycles. The molecule has 0 saturated carbocycles. The van der Waals surface area contributed by atoms with Crippen LogP contribution < -0.4 is 11.1 Å². The molecule has 2 aromatic heterocycles. The van der Waals surface area contributed by atoms with Gasteiger partial charge in [-0.25, -0.2) is 13.8 Å². The van der Waals surface area contributed by atoms with Gasteiger partial charge in [0.25, 0.3) is 0 Å². The molecule has 0 fully saturated rings. The molecule has 0 unspecified atom stereocenters. The van der Waals surface area contributed by atoms with Gasteiger partial charge in [-0.15, -0.1) is 0 Å². The van der Waals surface area contributed by atoms with Crippen molar-refractivity contribution in [3.05, 3.63) is 41.9 Å². The maximum Gasteiger partial charge on any atom is 0.168 e. The van der Waals surface area contributed by atoms with E-state index in [1.54, 1.807) is 6.07 Å². The number of halogens is 2. The Kier molecular flexibility index (Phi) is 2.72. The van der Waals surface area contributed by atoms with Crippen LogP contribution in [0.5, 0.6) is 0 Å². The first-order chi connectivity index (χ1) is 7.66.